The molecule has 0 aliphatic heterocycles. The molecule has 0 heterocycles. The van der Waals surface area contributed by atoms with Crippen molar-refractivity contribution in [3.8, 4) is 11.5 Å². The van der Waals surface area contributed by atoms with E-state index in [2.05, 4.69) is 43.3 Å². The predicted molar refractivity (Wildman–Crippen MR) is 107 cm³/mol. The molecule has 2 aromatic carbocycles. The Morgan fingerprint density at radius 2 is 1.81 bits per heavy atom. The predicted octanol–water partition coefficient (Wildman–Crippen LogP) is 4.98. The summed E-state index contributed by atoms with van der Waals surface area (Å²) in [5.41, 5.74) is 11.4. The van der Waals surface area contributed by atoms with Crippen LogP contribution in [0.1, 0.15) is 61.3 Å². The van der Waals surface area contributed by atoms with E-state index in [1.807, 2.05) is 0 Å². The average molecular weight is 354 g/mol. The molecule has 3 rings (SSSR count). The molecule has 0 fully saturated rings. The summed E-state index contributed by atoms with van der Waals surface area (Å²) in [6.07, 6.45) is 6.96. The van der Waals surface area contributed by atoms with Crippen LogP contribution in [-0.4, -0.2) is 14.2 Å². The highest BCUT2D eigenvalue weighted by atomic mass is 16.5. The third-order valence-electron chi connectivity index (χ3n) is 6.07. The van der Waals surface area contributed by atoms with Crippen LogP contribution in [-0.2, 0) is 18.4 Å². The van der Waals surface area contributed by atoms with E-state index in [9.17, 15) is 0 Å². The lowest BCUT2D eigenvalue weighted by Crippen LogP contribution is -2.30. The van der Waals surface area contributed by atoms with E-state index in [-0.39, 0.29) is 5.41 Å². The maximum atomic E-state index is 6.20. The van der Waals surface area contributed by atoms with Crippen molar-refractivity contribution in [3.05, 3.63) is 58.7 Å². The number of fused-ring (bicyclic) bond motifs is 1. The molecule has 3 heteroatoms. The fourth-order valence-corrected chi connectivity index (χ4v) is 4.70. The van der Waals surface area contributed by atoms with Gasteiger partial charge in [-0.25, -0.2) is 0 Å². The molecule has 0 bridgehead atoms. The van der Waals surface area contributed by atoms with Crippen LogP contribution < -0.4 is 15.2 Å². The maximum Gasteiger partial charge on any atom is 0.165 e. The molecule has 26 heavy (non-hydrogen) atoms. The van der Waals surface area contributed by atoms with Gasteiger partial charge in [0, 0.05) is 17.5 Å². The van der Waals surface area contributed by atoms with E-state index in [0.717, 1.165) is 36.3 Å². The quantitative estimate of drug-likeness (QED) is 0.825. The third kappa shape index (κ3) is 3.09. The van der Waals surface area contributed by atoms with Crippen molar-refractivity contribution in [3.63, 3.8) is 0 Å². The van der Waals surface area contributed by atoms with Crippen LogP contribution in [0.4, 0.5) is 0 Å². The van der Waals surface area contributed by atoms with Crippen molar-refractivity contribution in [2.24, 2.45) is 5.73 Å². The van der Waals surface area contributed by atoms with Gasteiger partial charge in [-0.3, -0.25) is 0 Å². The van der Waals surface area contributed by atoms with Gasteiger partial charge in [0.2, 0.25) is 0 Å². The van der Waals surface area contributed by atoms with E-state index in [4.69, 9.17) is 15.2 Å². The van der Waals surface area contributed by atoms with E-state index in [1.54, 1.807) is 14.2 Å². The Kier molecular flexibility index (Phi) is 5.87. The lowest BCUT2D eigenvalue weighted by atomic mass is 9.65. The average Bonchev–Trinajstić information content (AvgIpc) is 2.68. The number of ether oxygens (including phenoxy) is 2. The Morgan fingerprint density at radius 3 is 2.42 bits per heavy atom. The molecule has 1 aliphatic carbocycles. The fraction of sp³-hybridized carbons (Fsp3) is 0.478. The van der Waals surface area contributed by atoms with Gasteiger partial charge in [0.25, 0.3) is 0 Å². The molecule has 0 aromatic heterocycles. The molecule has 1 unspecified atom stereocenters. The highest BCUT2D eigenvalue weighted by molar-refractivity contribution is 5.59. The summed E-state index contributed by atoms with van der Waals surface area (Å²) in [7, 11) is 3.42. The summed E-state index contributed by atoms with van der Waals surface area (Å²) >= 11 is 0. The van der Waals surface area contributed by atoms with Crippen molar-refractivity contribution in [1.82, 2.24) is 0 Å². The number of hydrogen-bond donors (Lipinski definition) is 1. The van der Waals surface area contributed by atoms with Crippen LogP contribution in [0.15, 0.2) is 36.4 Å². The van der Waals surface area contributed by atoms with Gasteiger partial charge in [-0.2, -0.15) is 0 Å². The topological polar surface area (TPSA) is 44.5 Å². The SMILES string of the molecule is CCC1(c2ccccc2)CCCCCc2c1cc(OC)c(OC)c2CN. The molecule has 0 radical (unpaired) electrons. The first-order valence-electron chi connectivity index (χ1n) is 9.74. The van der Waals surface area contributed by atoms with Gasteiger partial charge in [-0.05, 0) is 48.4 Å². The summed E-state index contributed by atoms with van der Waals surface area (Å²) in [6.45, 7) is 2.77. The highest BCUT2D eigenvalue weighted by Gasteiger charge is 2.37. The van der Waals surface area contributed by atoms with Crippen LogP contribution in [0, 0.1) is 0 Å². The molecule has 1 atom stereocenters. The highest BCUT2D eigenvalue weighted by Crippen LogP contribution is 2.48. The Hall–Kier alpha value is -2.00. The first-order valence-corrected chi connectivity index (χ1v) is 9.74. The van der Waals surface area contributed by atoms with Crippen LogP contribution >= 0.6 is 0 Å². The van der Waals surface area contributed by atoms with E-state index < -0.39 is 0 Å². The molecule has 0 spiro atoms. The molecule has 0 saturated heterocycles. The Labute approximate surface area is 157 Å². The standard InChI is InChI=1S/C23H31NO2/c1-4-23(17-11-7-5-8-12-17)14-10-6-9-13-18-19(16-24)22(26-3)21(25-2)15-20(18)23/h5,7-8,11-12,15H,4,6,9-10,13-14,16,24H2,1-3H3. The zero-order valence-electron chi connectivity index (χ0n) is 16.3. The van der Waals surface area contributed by atoms with Crippen molar-refractivity contribution in [2.45, 2.75) is 57.4 Å². The smallest absolute Gasteiger partial charge is 0.165 e. The van der Waals surface area contributed by atoms with Crippen LogP contribution in [0.3, 0.4) is 0 Å². The molecule has 0 saturated carbocycles. The number of nitrogens with two attached hydrogens (primary N) is 1. The monoisotopic (exact) mass is 353 g/mol. The number of rotatable bonds is 5. The zero-order valence-corrected chi connectivity index (χ0v) is 16.3. The van der Waals surface area contributed by atoms with Crippen molar-refractivity contribution in [2.75, 3.05) is 14.2 Å². The summed E-state index contributed by atoms with van der Waals surface area (Å²) in [4.78, 5) is 0. The van der Waals surface area contributed by atoms with Gasteiger partial charge < -0.3 is 15.2 Å². The molecule has 0 amide bonds. The van der Waals surface area contributed by atoms with Crippen LogP contribution in [0.2, 0.25) is 0 Å². The minimum Gasteiger partial charge on any atom is -0.493 e. The molecular weight excluding hydrogens is 322 g/mol. The lowest BCUT2D eigenvalue weighted by Gasteiger charge is -2.39. The fourth-order valence-electron chi connectivity index (χ4n) is 4.70. The lowest BCUT2D eigenvalue weighted by molar-refractivity contribution is 0.345. The molecule has 3 nitrogen and oxygen atoms in total. The van der Waals surface area contributed by atoms with Gasteiger partial charge in [0.1, 0.15) is 0 Å². The largest absolute Gasteiger partial charge is 0.493 e. The maximum absolute atomic E-state index is 6.20. The summed E-state index contributed by atoms with van der Waals surface area (Å²) in [5.74, 6) is 1.59. The minimum absolute atomic E-state index is 0.000481. The summed E-state index contributed by atoms with van der Waals surface area (Å²) < 4.78 is 11.4. The third-order valence-corrected chi connectivity index (χ3v) is 6.07. The zero-order chi connectivity index (χ0) is 18.6. The van der Waals surface area contributed by atoms with Gasteiger partial charge in [0.05, 0.1) is 14.2 Å². The number of benzene rings is 2. The number of methoxy groups -OCH3 is 2. The molecular formula is C23H31NO2. The van der Waals surface area contributed by atoms with Gasteiger partial charge >= 0.3 is 0 Å². The van der Waals surface area contributed by atoms with Crippen LogP contribution in [0.5, 0.6) is 11.5 Å². The first kappa shape index (κ1) is 18.8. The summed E-state index contributed by atoms with van der Waals surface area (Å²) in [6, 6.07) is 13.2. The Bertz CT molecular complexity index is 742. The van der Waals surface area contributed by atoms with Gasteiger partial charge in [-0.1, -0.05) is 50.1 Å². The molecule has 1 aliphatic rings. The Morgan fingerprint density at radius 1 is 1.04 bits per heavy atom. The van der Waals surface area contributed by atoms with E-state index in [0.29, 0.717) is 6.54 Å². The second kappa shape index (κ2) is 8.13. The second-order valence-electron chi connectivity index (χ2n) is 7.18. The number of hydrogen-bond acceptors (Lipinski definition) is 3. The molecule has 2 N–H and O–H groups in total. The molecule has 140 valence electrons. The molecule has 2 aromatic rings. The van der Waals surface area contributed by atoms with Crippen molar-refractivity contribution >= 4 is 0 Å². The second-order valence-corrected chi connectivity index (χ2v) is 7.18. The van der Waals surface area contributed by atoms with E-state index >= 15 is 0 Å². The van der Waals surface area contributed by atoms with Crippen molar-refractivity contribution in [1.29, 1.82) is 0 Å². The Balaban J connectivity index is 2.34. The van der Waals surface area contributed by atoms with E-state index in [1.165, 1.54) is 36.0 Å². The first-order chi connectivity index (χ1) is 12.7. The minimum atomic E-state index is 0.000481. The van der Waals surface area contributed by atoms with Gasteiger partial charge in [-0.15, -0.1) is 0 Å². The summed E-state index contributed by atoms with van der Waals surface area (Å²) in [5, 5.41) is 0. The van der Waals surface area contributed by atoms with Crippen LogP contribution in [0.25, 0.3) is 0 Å². The normalized spacial score (nSPS) is 20.0. The van der Waals surface area contributed by atoms with Crippen molar-refractivity contribution < 1.29 is 9.47 Å². The van der Waals surface area contributed by atoms with Gasteiger partial charge in [0.15, 0.2) is 11.5 Å².